The van der Waals surface area contributed by atoms with Crippen LogP contribution in [-0.2, 0) is 30.3 Å². The van der Waals surface area contributed by atoms with E-state index in [-0.39, 0.29) is 12.3 Å². The minimum Gasteiger partial charge on any atom is -0.460 e. The standard InChI is InChI=1S/C22H36N2O5/c1-7-27-21(28-8-2)16(3)24(15-17-12-10-9-11-13-17)20(26)18(23)14-19(25)29-22(4,5)6/h9-13,16,18,21H,7-8,14-15,23H2,1-6H3/t16-,18?/m1/s1. The molecule has 0 spiro atoms. The van der Waals surface area contributed by atoms with Gasteiger partial charge in [-0.05, 0) is 47.1 Å². The number of nitrogens with two attached hydrogens (primary N) is 1. The van der Waals surface area contributed by atoms with Gasteiger partial charge in [0.05, 0.1) is 18.5 Å². The van der Waals surface area contributed by atoms with Gasteiger partial charge in [-0.2, -0.15) is 0 Å². The third-order valence-corrected chi connectivity index (χ3v) is 4.15. The number of ether oxygens (including phenoxy) is 3. The summed E-state index contributed by atoms with van der Waals surface area (Å²) >= 11 is 0. The van der Waals surface area contributed by atoms with Crippen molar-refractivity contribution >= 4 is 11.9 Å². The monoisotopic (exact) mass is 408 g/mol. The van der Waals surface area contributed by atoms with E-state index in [4.69, 9.17) is 19.9 Å². The van der Waals surface area contributed by atoms with Gasteiger partial charge in [-0.15, -0.1) is 0 Å². The van der Waals surface area contributed by atoms with Gasteiger partial charge in [0.15, 0.2) is 6.29 Å². The molecule has 1 unspecified atom stereocenters. The van der Waals surface area contributed by atoms with E-state index in [0.29, 0.717) is 19.8 Å². The van der Waals surface area contributed by atoms with E-state index in [9.17, 15) is 9.59 Å². The molecule has 1 aromatic carbocycles. The summed E-state index contributed by atoms with van der Waals surface area (Å²) in [6, 6.07) is 8.19. The summed E-state index contributed by atoms with van der Waals surface area (Å²) in [6.45, 7) is 12.2. The summed E-state index contributed by atoms with van der Waals surface area (Å²) in [4.78, 5) is 26.9. The molecule has 0 aliphatic rings. The molecular weight excluding hydrogens is 372 g/mol. The Bertz CT molecular complexity index is 624. The van der Waals surface area contributed by atoms with Crippen LogP contribution in [0, 0.1) is 0 Å². The van der Waals surface area contributed by atoms with Gasteiger partial charge in [-0.1, -0.05) is 30.3 Å². The zero-order chi connectivity index (χ0) is 22.0. The number of benzene rings is 1. The van der Waals surface area contributed by atoms with Gasteiger partial charge in [0.1, 0.15) is 5.60 Å². The van der Waals surface area contributed by atoms with Gasteiger partial charge in [0.25, 0.3) is 0 Å². The average molecular weight is 409 g/mol. The lowest BCUT2D eigenvalue weighted by molar-refractivity contribution is -0.180. The highest BCUT2D eigenvalue weighted by atomic mass is 16.7. The van der Waals surface area contributed by atoms with Crippen molar-refractivity contribution < 1.29 is 23.8 Å². The Labute approximate surface area is 174 Å². The molecule has 0 aliphatic heterocycles. The highest BCUT2D eigenvalue weighted by molar-refractivity contribution is 5.86. The van der Waals surface area contributed by atoms with Crippen molar-refractivity contribution in [3.8, 4) is 0 Å². The minimum absolute atomic E-state index is 0.192. The van der Waals surface area contributed by atoms with E-state index in [2.05, 4.69) is 0 Å². The van der Waals surface area contributed by atoms with Crippen LogP contribution in [0.5, 0.6) is 0 Å². The van der Waals surface area contributed by atoms with Crippen molar-refractivity contribution in [2.24, 2.45) is 5.73 Å². The minimum atomic E-state index is -1.01. The summed E-state index contributed by atoms with van der Waals surface area (Å²) in [7, 11) is 0. The first-order valence-electron chi connectivity index (χ1n) is 10.1. The molecule has 0 saturated carbocycles. The summed E-state index contributed by atoms with van der Waals surface area (Å²) in [5.41, 5.74) is 6.42. The third kappa shape index (κ3) is 8.94. The number of carbonyl (C=O) groups excluding carboxylic acids is 2. The quantitative estimate of drug-likeness (QED) is 0.447. The van der Waals surface area contributed by atoms with Gasteiger partial charge >= 0.3 is 5.97 Å². The first-order valence-corrected chi connectivity index (χ1v) is 10.1. The maximum atomic E-state index is 13.2. The topological polar surface area (TPSA) is 91.1 Å². The SMILES string of the molecule is CCOC(OCC)[C@@H](C)N(Cc1ccccc1)C(=O)C(N)CC(=O)OC(C)(C)C. The van der Waals surface area contributed by atoms with Crippen LogP contribution < -0.4 is 5.73 Å². The maximum Gasteiger partial charge on any atom is 0.308 e. The molecule has 0 saturated heterocycles. The molecule has 0 radical (unpaired) electrons. The summed E-state index contributed by atoms with van der Waals surface area (Å²) < 4.78 is 16.7. The largest absolute Gasteiger partial charge is 0.460 e. The number of nitrogens with zero attached hydrogens (tertiary/aromatic N) is 1. The Morgan fingerprint density at radius 2 is 1.62 bits per heavy atom. The second kappa shape index (κ2) is 11.9. The molecule has 7 heteroatoms. The van der Waals surface area contributed by atoms with Crippen LogP contribution in [0.15, 0.2) is 30.3 Å². The van der Waals surface area contributed by atoms with Gasteiger partial charge in [-0.25, -0.2) is 0 Å². The molecule has 0 fully saturated rings. The molecule has 0 bridgehead atoms. The van der Waals surface area contributed by atoms with Crippen molar-refractivity contribution in [3.05, 3.63) is 35.9 Å². The number of hydrogen-bond acceptors (Lipinski definition) is 6. The van der Waals surface area contributed by atoms with Crippen LogP contribution >= 0.6 is 0 Å². The molecule has 2 atom stereocenters. The fourth-order valence-electron chi connectivity index (χ4n) is 2.87. The van der Waals surface area contributed by atoms with Crippen molar-refractivity contribution in [2.45, 2.75) is 78.5 Å². The lowest BCUT2D eigenvalue weighted by atomic mass is 10.1. The second-order valence-electron chi connectivity index (χ2n) is 7.87. The first-order chi connectivity index (χ1) is 13.6. The molecule has 0 heterocycles. The summed E-state index contributed by atoms with van der Waals surface area (Å²) in [5.74, 6) is -0.853. The van der Waals surface area contributed by atoms with Crippen LogP contribution in [-0.4, -0.2) is 54.0 Å². The average Bonchev–Trinajstić information content (AvgIpc) is 2.64. The fraction of sp³-hybridized carbons (Fsp3) is 0.636. The van der Waals surface area contributed by atoms with E-state index in [0.717, 1.165) is 5.56 Å². The Morgan fingerprint density at radius 3 is 2.10 bits per heavy atom. The second-order valence-corrected chi connectivity index (χ2v) is 7.87. The van der Waals surface area contributed by atoms with Crippen LogP contribution in [0.3, 0.4) is 0 Å². The highest BCUT2D eigenvalue weighted by Crippen LogP contribution is 2.17. The van der Waals surface area contributed by atoms with Crippen LogP contribution in [0.2, 0.25) is 0 Å². The molecule has 29 heavy (non-hydrogen) atoms. The number of amides is 1. The van der Waals surface area contributed by atoms with E-state index in [1.54, 1.807) is 25.7 Å². The Morgan fingerprint density at radius 1 is 1.07 bits per heavy atom. The molecule has 1 rings (SSSR count). The fourth-order valence-corrected chi connectivity index (χ4v) is 2.87. The Balaban J connectivity index is 3.01. The molecule has 7 nitrogen and oxygen atoms in total. The molecule has 1 aromatic rings. The molecular formula is C22H36N2O5. The van der Waals surface area contributed by atoms with Crippen LogP contribution in [0.1, 0.15) is 53.5 Å². The van der Waals surface area contributed by atoms with E-state index >= 15 is 0 Å². The number of hydrogen-bond donors (Lipinski definition) is 1. The van der Waals surface area contributed by atoms with Gasteiger partial charge in [0, 0.05) is 19.8 Å². The summed E-state index contributed by atoms with van der Waals surface area (Å²) in [5, 5.41) is 0. The summed E-state index contributed by atoms with van der Waals surface area (Å²) in [6.07, 6.45) is -0.784. The Hall–Kier alpha value is -1.96. The van der Waals surface area contributed by atoms with Crippen LogP contribution in [0.25, 0.3) is 0 Å². The smallest absolute Gasteiger partial charge is 0.308 e. The van der Waals surface area contributed by atoms with Crippen molar-refractivity contribution in [2.75, 3.05) is 13.2 Å². The normalized spacial score (nSPS) is 13.8. The zero-order valence-corrected chi connectivity index (χ0v) is 18.5. The molecule has 1 amide bonds. The number of esters is 1. The molecule has 2 N–H and O–H groups in total. The first kappa shape index (κ1) is 25.1. The predicted octanol–water partition coefficient (Wildman–Crippen LogP) is 2.86. The van der Waals surface area contributed by atoms with Crippen molar-refractivity contribution in [1.29, 1.82) is 0 Å². The molecule has 0 aliphatic carbocycles. The van der Waals surface area contributed by atoms with Crippen molar-refractivity contribution in [3.63, 3.8) is 0 Å². The zero-order valence-electron chi connectivity index (χ0n) is 18.5. The number of carbonyl (C=O) groups is 2. The lowest BCUT2D eigenvalue weighted by Crippen LogP contribution is -2.53. The van der Waals surface area contributed by atoms with E-state index < -0.39 is 29.9 Å². The predicted molar refractivity (Wildman–Crippen MR) is 112 cm³/mol. The van der Waals surface area contributed by atoms with Gasteiger partial charge < -0.3 is 24.8 Å². The lowest BCUT2D eigenvalue weighted by Gasteiger charge is -2.35. The maximum absolute atomic E-state index is 13.2. The van der Waals surface area contributed by atoms with Crippen molar-refractivity contribution in [1.82, 2.24) is 4.90 Å². The molecule has 164 valence electrons. The van der Waals surface area contributed by atoms with Crippen LogP contribution in [0.4, 0.5) is 0 Å². The Kier molecular flexibility index (Phi) is 10.3. The van der Waals surface area contributed by atoms with E-state index in [1.165, 1.54) is 0 Å². The van der Waals surface area contributed by atoms with E-state index in [1.807, 2.05) is 51.1 Å². The highest BCUT2D eigenvalue weighted by Gasteiger charge is 2.33. The van der Waals surface area contributed by atoms with Gasteiger partial charge in [0.2, 0.25) is 5.91 Å². The number of rotatable bonds is 11. The third-order valence-electron chi connectivity index (χ3n) is 4.15. The molecule has 0 aromatic heterocycles. The van der Waals surface area contributed by atoms with Gasteiger partial charge in [-0.3, -0.25) is 9.59 Å².